The third-order valence-electron chi connectivity index (χ3n) is 3.19. The van der Waals surface area contributed by atoms with Crippen LogP contribution in [0.15, 0.2) is 91.0 Å². The smallest absolute Gasteiger partial charge is 0.545 e. The molecule has 5 nitrogen and oxygen atoms in total. The molecule has 0 aliphatic heterocycles. The summed E-state index contributed by atoms with van der Waals surface area (Å²) in [4.78, 5) is 38.8. The van der Waals surface area contributed by atoms with Crippen molar-refractivity contribution in [3.05, 3.63) is 91.0 Å². The molecule has 153 valence electrons. The summed E-state index contributed by atoms with van der Waals surface area (Å²) < 4.78 is 0. The van der Waals surface area contributed by atoms with Crippen molar-refractivity contribution in [2.75, 3.05) is 0 Å². The second kappa shape index (κ2) is 28.2. The van der Waals surface area contributed by atoms with Crippen molar-refractivity contribution in [2.24, 2.45) is 0 Å². The van der Waals surface area contributed by atoms with Gasteiger partial charge in [-0.2, -0.15) is 0 Å². The van der Waals surface area contributed by atoms with E-state index in [2.05, 4.69) is 125 Å². The summed E-state index contributed by atoms with van der Waals surface area (Å²) in [6, 6.07) is 32.5. The van der Waals surface area contributed by atoms with Crippen molar-refractivity contribution >= 4 is 57.8 Å². The fourth-order valence-electron chi connectivity index (χ4n) is 2.31. The number of benzene rings is 3. The monoisotopic (exact) mass is 460 g/mol. The fraction of sp³-hybridized carbons (Fsp3) is 0. The predicted molar refractivity (Wildman–Crippen MR) is 120 cm³/mol. The van der Waals surface area contributed by atoms with E-state index < -0.39 is 7.92 Å². The molecule has 0 atom stereocenters. The first-order valence-corrected chi connectivity index (χ1v) is 9.16. The minimum absolute atomic E-state index is 0. The van der Waals surface area contributed by atoms with Gasteiger partial charge in [0.2, 0.25) is 0 Å². The van der Waals surface area contributed by atoms with E-state index in [0.29, 0.717) is 0 Å². The number of rotatable bonds is 3. The van der Waals surface area contributed by atoms with Crippen molar-refractivity contribution in [1.82, 2.24) is 0 Å². The molecule has 0 spiro atoms. The zero-order chi connectivity index (χ0) is 22.9. The van der Waals surface area contributed by atoms with Gasteiger partial charge in [0.15, 0.2) is 0 Å². The van der Waals surface area contributed by atoms with Crippen LogP contribution in [-0.4, -0.2) is 33.9 Å². The third-order valence-corrected chi connectivity index (χ3v) is 5.92. The van der Waals surface area contributed by atoms with Gasteiger partial charge in [0, 0.05) is 0 Å². The molecule has 7 heteroatoms. The molecule has 3 aromatic rings. The van der Waals surface area contributed by atoms with E-state index in [1.807, 2.05) is 0 Å². The molecule has 0 aliphatic rings. The molecular weight excluding hydrogens is 439 g/mol. The maximum atomic E-state index is 7.75. The number of carbonyl (C=O) groups excluding carboxylic acids is 5. The average Bonchev–Trinajstić information content (AvgIpc) is 2.88. The van der Waals surface area contributed by atoms with Crippen LogP contribution in [0.1, 0.15) is 0 Å². The van der Waals surface area contributed by atoms with Gasteiger partial charge in [0.25, 0.3) is 0 Å². The van der Waals surface area contributed by atoms with E-state index in [1.165, 1.54) is 15.9 Å². The van der Waals surface area contributed by atoms with Crippen molar-refractivity contribution < 1.29 is 41.3 Å². The van der Waals surface area contributed by atoms with Crippen LogP contribution in [0.25, 0.3) is 0 Å². The van der Waals surface area contributed by atoms with Crippen LogP contribution in [-0.2, 0) is 41.3 Å². The molecular formula is C23H21CrO5P+. The standard InChI is InChI=1S/C18H15P.5CHO.Cr/c1-4-10-16(11-5-1)19(17-12-6-2-7-13-17)18-14-8-3-9-15-18;5*1-2;/h1-15H;5*1H;/q;5*-1;+5/p+1. The third kappa shape index (κ3) is 13.2. The molecule has 30 heavy (non-hydrogen) atoms. The van der Waals surface area contributed by atoms with Crippen LogP contribution in [0, 0.1) is 0 Å². The summed E-state index contributed by atoms with van der Waals surface area (Å²) >= 11 is 0. The summed E-state index contributed by atoms with van der Waals surface area (Å²) in [6.07, 6.45) is 0. The van der Waals surface area contributed by atoms with Crippen LogP contribution in [0.2, 0.25) is 0 Å². The first-order chi connectivity index (χ1) is 14.4. The zero-order valence-electron chi connectivity index (χ0n) is 16.0. The van der Waals surface area contributed by atoms with Crippen LogP contribution >= 0.6 is 7.92 Å². The van der Waals surface area contributed by atoms with E-state index in [9.17, 15) is 0 Å². The van der Waals surface area contributed by atoms with Crippen LogP contribution in [0.4, 0.5) is 0 Å². The van der Waals surface area contributed by atoms with Gasteiger partial charge in [-0.05, 0) is 36.4 Å². The molecule has 3 rings (SSSR count). The molecule has 1 radical (unpaired) electrons. The first kappa shape index (κ1) is 34.5. The Hall–Kier alpha value is -3.03. The Morgan fingerprint density at radius 1 is 0.367 bits per heavy atom. The quantitative estimate of drug-likeness (QED) is 0.338. The molecule has 0 heterocycles. The average molecular weight is 460 g/mol. The Kier molecular flexibility index (Phi) is 32.4. The van der Waals surface area contributed by atoms with Crippen molar-refractivity contribution in [3.8, 4) is 0 Å². The van der Waals surface area contributed by atoms with Crippen molar-refractivity contribution in [3.63, 3.8) is 0 Å². The first-order valence-electron chi connectivity index (χ1n) is 7.66. The largest absolute Gasteiger partial charge is 5.00 e. The minimum atomic E-state index is -0.877. The second-order valence-corrected chi connectivity index (χ2v) is 6.96. The van der Waals surface area contributed by atoms with Gasteiger partial charge >= 0.3 is 17.4 Å². The minimum Gasteiger partial charge on any atom is -0.545 e. The van der Waals surface area contributed by atoms with Crippen LogP contribution in [0.3, 0.4) is 0 Å². The van der Waals surface area contributed by atoms with E-state index in [1.54, 1.807) is 0 Å². The second-order valence-electron chi connectivity index (χ2n) is 4.47. The van der Waals surface area contributed by atoms with Gasteiger partial charge in [-0.25, -0.2) is 0 Å². The van der Waals surface area contributed by atoms with E-state index >= 15 is 0 Å². The molecule has 0 bridgehead atoms. The molecule has 0 amide bonds. The van der Waals surface area contributed by atoms with Crippen molar-refractivity contribution in [2.45, 2.75) is 0 Å². The van der Waals surface area contributed by atoms with Gasteiger partial charge in [-0.1, -0.05) is 54.6 Å². The van der Waals surface area contributed by atoms with E-state index in [0.717, 1.165) is 0 Å². The Morgan fingerprint density at radius 3 is 0.700 bits per heavy atom. The van der Waals surface area contributed by atoms with Gasteiger partial charge in [-0.3, -0.25) is 33.9 Å². The molecule has 0 saturated carbocycles. The Labute approximate surface area is 190 Å². The summed E-state index contributed by atoms with van der Waals surface area (Å²) in [5.41, 5.74) is 0. The maximum Gasteiger partial charge on any atom is 5.00 e. The molecule has 0 N–H and O–H groups in total. The van der Waals surface area contributed by atoms with Gasteiger partial charge < -0.3 is 24.0 Å². The molecule has 3 aromatic carbocycles. The summed E-state index contributed by atoms with van der Waals surface area (Å²) in [5, 5.41) is 4.31. The predicted octanol–water partition coefficient (Wildman–Crippen LogP) is 1.80. The van der Waals surface area contributed by atoms with Crippen molar-refractivity contribution in [1.29, 1.82) is 0 Å². The normalized spacial score (nSPS) is 7.37. The Bertz CT molecular complexity index is 612. The number of hydrogen-bond acceptors (Lipinski definition) is 5. The van der Waals surface area contributed by atoms with Gasteiger partial charge in [-0.15, -0.1) is 0 Å². The molecule has 0 aliphatic carbocycles. The van der Waals surface area contributed by atoms with E-state index in [-0.39, 0.29) is 17.4 Å². The summed E-state index contributed by atoms with van der Waals surface area (Å²) in [5.74, 6) is 0. The van der Waals surface area contributed by atoms with Gasteiger partial charge in [0.1, 0.15) is 15.9 Å². The molecule has 0 unspecified atom stereocenters. The molecule has 0 fully saturated rings. The Balaban J connectivity index is -0.000000271. The topological polar surface area (TPSA) is 85.3 Å². The van der Waals surface area contributed by atoms with E-state index in [4.69, 9.17) is 24.0 Å². The fourth-order valence-corrected chi connectivity index (χ4v) is 4.89. The van der Waals surface area contributed by atoms with Crippen LogP contribution < -0.4 is 15.9 Å². The zero-order valence-corrected chi connectivity index (χ0v) is 18.3. The molecule has 0 aromatic heterocycles. The Morgan fingerprint density at radius 2 is 0.533 bits per heavy atom. The van der Waals surface area contributed by atoms with Crippen LogP contribution in [0.5, 0.6) is 0 Å². The maximum absolute atomic E-state index is 7.75. The molecule has 0 saturated heterocycles. The summed E-state index contributed by atoms with van der Waals surface area (Å²) in [6.45, 7) is 16.2. The SMILES string of the molecule is [CH-]=O.[CH-]=O.[CH-]=O.[CH-]=O.[CH-]=O.[Cr+5].c1ccc([PH+](c2ccccc2)c2ccccc2)cc1. The summed E-state index contributed by atoms with van der Waals surface area (Å²) in [7, 11) is -0.877. The number of hydrogen-bond donors (Lipinski definition) is 0. The van der Waals surface area contributed by atoms with Gasteiger partial charge in [0.05, 0.1) is 7.92 Å².